The zero-order valence-corrected chi connectivity index (χ0v) is 12.0. The van der Waals surface area contributed by atoms with E-state index >= 15 is 0 Å². The van der Waals surface area contributed by atoms with Gasteiger partial charge in [-0.1, -0.05) is 11.6 Å². The molecular formula is C14H10ClF2NOS. The van der Waals surface area contributed by atoms with Gasteiger partial charge in [-0.3, -0.25) is 4.79 Å². The molecular weight excluding hydrogens is 304 g/mol. The number of hydrogen-bond donors (Lipinski definition) is 1. The van der Waals surface area contributed by atoms with Gasteiger partial charge in [-0.05, 0) is 36.6 Å². The van der Waals surface area contributed by atoms with Crippen molar-refractivity contribution in [2.24, 2.45) is 0 Å². The van der Waals surface area contributed by atoms with Crippen LogP contribution in [0.15, 0.2) is 41.3 Å². The van der Waals surface area contributed by atoms with Crippen LogP contribution in [0.1, 0.15) is 10.4 Å². The molecule has 1 amide bonds. The molecule has 2 aromatic rings. The molecule has 6 heteroatoms. The van der Waals surface area contributed by atoms with Gasteiger partial charge in [-0.25, -0.2) is 8.78 Å². The van der Waals surface area contributed by atoms with Gasteiger partial charge in [0.05, 0.1) is 10.6 Å². The maximum absolute atomic E-state index is 13.1. The molecule has 0 unspecified atom stereocenters. The Bertz CT molecular complexity index is 643. The molecule has 1 N–H and O–H groups in total. The molecule has 0 aromatic heterocycles. The minimum absolute atomic E-state index is 0.0399. The average Bonchev–Trinajstić information content (AvgIpc) is 2.37. The quantitative estimate of drug-likeness (QED) is 0.840. The van der Waals surface area contributed by atoms with Crippen LogP contribution in [-0.2, 0) is 0 Å². The van der Waals surface area contributed by atoms with Crippen LogP contribution in [0.25, 0.3) is 0 Å². The first kappa shape index (κ1) is 14.8. The molecule has 0 heterocycles. The molecule has 0 spiro atoms. The lowest BCUT2D eigenvalue weighted by atomic mass is 10.2. The lowest BCUT2D eigenvalue weighted by molar-refractivity contribution is 0.102. The third-order valence-electron chi connectivity index (χ3n) is 2.54. The molecule has 0 radical (unpaired) electrons. The van der Waals surface area contributed by atoms with Gasteiger partial charge >= 0.3 is 0 Å². The maximum Gasteiger partial charge on any atom is 0.257 e. The van der Waals surface area contributed by atoms with Gasteiger partial charge in [0.1, 0.15) is 11.6 Å². The van der Waals surface area contributed by atoms with Crippen LogP contribution in [-0.4, -0.2) is 12.2 Å². The minimum atomic E-state index is -0.760. The van der Waals surface area contributed by atoms with Crippen LogP contribution >= 0.6 is 23.4 Å². The Labute approximate surface area is 124 Å². The largest absolute Gasteiger partial charge is 0.322 e. The number of halogens is 3. The number of rotatable bonds is 3. The number of carbonyl (C=O) groups excluding carboxylic acids is 1. The molecule has 0 saturated heterocycles. The summed E-state index contributed by atoms with van der Waals surface area (Å²) >= 11 is 7.42. The standard InChI is InChI=1S/C14H10ClF2NOS/c1-20-11-2-3-13(15)12(7-11)14(19)18-10-5-8(16)4-9(17)6-10/h2-7H,1H3,(H,18,19). The summed E-state index contributed by atoms with van der Waals surface area (Å²) in [5.41, 5.74) is 0.293. The van der Waals surface area contributed by atoms with Crippen molar-refractivity contribution in [1.29, 1.82) is 0 Å². The van der Waals surface area contributed by atoms with E-state index in [-0.39, 0.29) is 16.3 Å². The molecule has 2 rings (SSSR count). The highest BCUT2D eigenvalue weighted by molar-refractivity contribution is 7.98. The summed E-state index contributed by atoms with van der Waals surface area (Å²) in [6.45, 7) is 0. The van der Waals surface area contributed by atoms with E-state index in [2.05, 4.69) is 5.32 Å². The van der Waals surface area contributed by atoms with Gasteiger partial charge in [-0.2, -0.15) is 0 Å². The zero-order chi connectivity index (χ0) is 14.7. The number of carbonyl (C=O) groups is 1. The average molecular weight is 314 g/mol. The predicted molar refractivity (Wildman–Crippen MR) is 77.5 cm³/mol. The highest BCUT2D eigenvalue weighted by Crippen LogP contribution is 2.24. The molecule has 0 saturated carbocycles. The minimum Gasteiger partial charge on any atom is -0.322 e. The summed E-state index contributed by atoms with van der Waals surface area (Å²) in [5, 5.41) is 2.69. The topological polar surface area (TPSA) is 29.1 Å². The molecule has 2 aromatic carbocycles. The van der Waals surface area contributed by atoms with Gasteiger partial charge in [0.2, 0.25) is 0 Å². The first-order valence-corrected chi connectivity index (χ1v) is 7.21. The van der Waals surface area contributed by atoms with E-state index in [9.17, 15) is 13.6 Å². The summed E-state index contributed by atoms with van der Waals surface area (Å²) in [5.74, 6) is -2.04. The molecule has 0 aliphatic carbocycles. The molecule has 20 heavy (non-hydrogen) atoms. The van der Waals surface area contributed by atoms with Crippen LogP contribution < -0.4 is 5.32 Å². The first-order chi connectivity index (χ1) is 9.49. The Kier molecular flexibility index (Phi) is 4.62. The highest BCUT2D eigenvalue weighted by Gasteiger charge is 2.12. The molecule has 0 bridgehead atoms. The van der Waals surface area contributed by atoms with Crippen LogP contribution in [0.2, 0.25) is 5.02 Å². The van der Waals surface area contributed by atoms with Gasteiger partial charge in [-0.15, -0.1) is 11.8 Å². The fourth-order valence-electron chi connectivity index (χ4n) is 1.63. The maximum atomic E-state index is 13.1. The van der Waals surface area contributed by atoms with Crippen LogP contribution in [0, 0.1) is 11.6 Å². The van der Waals surface area contributed by atoms with E-state index in [0.29, 0.717) is 0 Å². The lowest BCUT2D eigenvalue weighted by Gasteiger charge is -2.08. The van der Waals surface area contributed by atoms with Crippen LogP contribution in [0.5, 0.6) is 0 Å². The smallest absolute Gasteiger partial charge is 0.257 e. The monoisotopic (exact) mass is 313 g/mol. The second kappa shape index (κ2) is 6.24. The van der Waals surface area contributed by atoms with E-state index in [0.717, 1.165) is 23.1 Å². The van der Waals surface area contributed by atoms with Crippen LogP contribution in [0.3, 0.4) is 0 Å². The Hall–Kier alpha value is -1.59. The SMILES string of the molecule is CSc1ccc(Cl)c(C(=O)Nc2cc(F)cc(F)c2)c1. The van der Waals surface area contributed by atoms with Gasteiger partial charge in [0, 0.05) is 16.6 Å². The van der Waals surface area contributed by atoms with E-state index in [1.807, 2.05) is 6.26 Å². The molecule has 2 nitrogen and oxygen atoms in total. The van der Waals surface area contributed by atoms with Crippen molar-refractivity contribution in [3.8, 4) is 0 Å². The molecule has 104 valence electrons. The number of thioether (sulfide) groups is 1. The van der Waals surface area contributed by atoms with Crippen molar-refractivity contribution in [2.75, 3.05) is 11.6 Å². The first-order valence-electron chi connectivity index (χ1n) is 5.60. The van der Waals surface area contributed by atoms with E-state index in [1.165, 1.54) is 11.8 Å². The molecule has 0 atom stereocenters. The Morgan fingerprint density at radius 2 is 1.80 bits per heavy atom. The third-order valence-corrected chi connectivity index (χ3v) is 3.59. The van der Waals surface area contributed by atoms with Crippen LogP contribution in [0.4, 0.5) is 14.5 Å². The number of benzene rings is 2. The number of nitrogens with one attached hydrogen (secondary N) is 1. The van der Waals surface area contributed by atoms with E-state index < -0.39 is 17.5 Å². The van der Waals surface area contributed by atoms with Crippen molar-refractivity contribution < 1.29 is 13.6 Å². The van der Waals surface area contributed by atoms with Crippen molar-refractivity contribution in [2.45, 2.75) is 4.90 Å². The summed E-state index contributed by atoms with van der Waals surface area (Å²) in [4.78, 5) is 12.9. The number of amides is 1. The second-order valence-corrected chi connectivity index (χ2v) is 5.24. The van der Waals surface area contributed by atoms with Crippen molar-refractivity contribution in [1.82, 2.24) is 0 Å². The molecule has 0 fully saturated rings. The number of hydrogen-bond acceptors (Lipinski definition) is 2. The summed E-state index contributed by atoms with van der Waals surface area (Å²) in [7, 11) is 0. The third kappa shape index (κ3) is 3.49. The van der Waals surface area contributed by atoms with E-state index in [4.69, 9.17) is 11.6 Å². The Morgan fingerprint density at radius 3 is 2.40 bits per heavy atom. The highest BCUT2D eigenvalue weighted by atomic mass is 35.5. The van der Waals surface area contributed by atoms with Gasteiger partial charge in [0.15, 0.2) is 0 Å². The molecule has 0 aliphatic rings. The summed E-state index contributed by atoms with van der Waals surface area (Å²) in [6, 6.07) is 7.82. The normalized spacial score (nSPS) is 10.4. The Balaban J connectivity index is 2.27. The van der Waals surface area contributed by atoms with E-state index in [1.54, 1.807) is 18.2 Å². The van der Waals surface area contributed by atoms with Crippen molar-refractivity contribution in [3.63, 3.8) is 0 Å². The fraction of sp³-hybridized carbons (Fsp3) is 0.0714. The van der Waals surface area contributed by atoms with Gasteiger partial charge < -0.3 is 5.32 Å². The summed E-state index contributed by atoms with van der Waals surface area (Å²) in [6.07, 6.45) is 1.87. The second-order valence-electron chi connectivity index (χ2n) is 3.96. The predicted octanol–water partition coefficient (Wildman–Crippen LogP) is 4.59. The zero-order valence-electron chi connectivity index (χ0n) is 10.4. The molecule has 0 aliphatic heterocycles. The lowest BCUT2D eigenvalue weighted by Crippen LogP contribution is -2.13. The Morgan fingerprint density at radius 1 is 1.15 bits per heavy atom. The van der Waals surface area contributed by atoms with Crippen molar-refractivity contribution >= 4 is 35.0 Å². The fourth-order valence-corrected chi connectivity index (χ4v) is 2.27. The van der Waals surface area contributed by atoms with Gasteiger partial charge in [0.25, 0.3) is 5.91 Å². The van der Waals surface area contributed by atoms with Crippen molar-refractivity contribution in [3.05, 3.63) is 58.6 Å². The summed E-state index contributed by atoms with van der Waals surface area (Å²) < 4.78 is 26.1. The number of anilines is 1.